The average Bonchev–Trinajstić information content (AvgIpc) is 2.58. The van der Waals surface area contributed by atoms with Crippen LogP contribution in [0.25, 0.3) is 0 Å². The van der Waals surface area contributed by atoms with Gasteiger partial charge in [0, 0.05) is 38.5 Å². The van der Waals surface area contributed by atoms with Crippen molar-refractivity contribution in [2.45, 2.75) is 43.9 Å². The van der Waals surface area contributed by atoms with Crippen LogP contribution in [-0.2, 0) is 10.2 Å². The number of nitrogens with one attached hydrogen (secondary N) is 1. The highest BCUT2D eigenvalue weighted by molar-refractivity contribution is 5.80. The number of halogens is 1. The monoisotopic (exact) mass is 360 g/mol. The molecule has 1 saturated heterocycles. The number of nitrogens with zero attached hydrogens (tertiary/aromatic N) is 2. The van der Waals surface area contributed by atoms with Gasteiger partial charge in [0.1, 0.15) is 5.82 Å². The SMILES string of the molecule is CN=C(NCC1(c2ccc(F)cc2)CCC1)N1CCCC(CC(N)=O)C1. The zero-order valence-corrected chi connectivity index (χ0v) is 15.5. The standard InChI is InChI=1S/C20H29FN4O/c1-23-19(25-11-2-4-15(13-25)12-18(22)26)24-14-20(9-3-10-20)16-5-7-17(21)8-6-16/h5-8,15H,2-4,9-14H2,1H3,(H2,22,26)(H,23,24). The van der Waals surface area contributed by atoms with E-state index in [1.165, 1.54) is 12.0 Å². The van der Waals surface area contributed by atoms with Crippen LogP contribution in [0, 0.1) is 11.7 Å². The van der Waals surface area contributed by atoms with Gasteiger partial charge < -0.3 is 16.0 Å². The van der Waals surface area contributed by atoms with Crippen molar-refractivity contribution < 1.29 is 9.18 Å². The Hall–Kier alpha value is -2.11. The molecule has 3 rings (SSSR count). The van der Waals surface area contributed by atoms with E-state index in [4.69, 9.17) is 5.73 Å². The Kier molecular flexibility index (Phi) is 5.79. The van der Waals surface area contributed by atoms with Crippen LogP contribution in [0.3, 0.4) is 0 Å². The molecule has 0 spiro atoms. The lowest BCUT2D eigenvalue weighted by Crippen LogP contribution is -2.52. The molecule has 1 atom stereocenters. The molecule has 1 aliphatic carbocycles. The molecule has 142 valence electrons. The minimum Gasteiger partial charge on any atom is -0.370 e. The van der Waals surface area contributed by atoms with Crippen LogP contribution in [0.5, 0.6) is 0 Å². The third-order valence-electron chi connectivity index (χ3n) is 5.87. The van der Waals surface area contributed by atoms with Gasteiger partial charge in [-0.2, -0.15) is 0 Å². The van der Waals surface area contributed by atoms with Gasteiger partial charge in [-0.15, -0.1) is 0 Å². The highest BCUT2D eigenvalue weighted by atomic mass is 19.1. The van der Waals surface area contributed by atoms with Crippen molar-refractivity contribution in [1.82, 2.24) is 10.2 Å². The Morgan fingerprint density at radius 2 is 2.08 bits per heavy atom. The predicted molar refractivity (Wildman–Crippen MR) is 101 cm³/mol. The summed E-state index contributed by atoms with van der Waals surface area (Å²) in [6.45, 7) is 2.55. The van der Waals surface area contributed by atoms with Crippen molar-refractivity contribution in [2.75, 3.05) is 26.7 Å². The van der Waals surface area contributed by atoms with Gasteiger partial charge in [0.2, 0.25) is 5.91 Å². The summed E-state index contributed by atoms with van der Waals surface area (Å²) in [5.41, 5.74) is 6.62. The Labute approximate surface area is 154 Å². The first-order valence-corrected chi connectivity index (χ1v) is 9.52. The molecule has 5 nitrogen and oxygen atoms in total. The Morgan fingerprint density at radius 1 is 1.35 bits per heavy atom. The summed E-state index contributed by atoms with van der Waals surface area (Å²) in [5, 5.41) is 3.53. The minimum atomic E-state index is -0.232. The van der Waals surface area contributed by atoms with Crippen molar-refractivity contribution in [3.05, 3.63) is 35.6 Å². The number of hydrogen-bond donors (Lipinski definition) is 2. The molecule has 3 N–H and O–H groups in total. The van der Waals surface area contributed by atoms with Crippen molar-refractivity contribution in [3.63, 3.8) is 0 Å². The van der Waals surface area contributed by atoms with Crippen LogP contribution in [0.15, 0.2) is 29.3 Å². The second kappa shape index (κ2) is 8.06. The van der Waals surface area contributed by atoms with Crippen LogP contribution in [0.2, 0.25) is 0 Å². The van der Waals surface area contributed by atoms with Crippen molar-refractivity contribution in [3.8, 4) is 0 Å². The number of guanidine groups is 1. The molecule has 26 heavy (non-hydrogen) atoms. The highest BCUT2D eigenvalue weighted by Gasteiger charge is 2.39. The number of hydrogen-bond acceptors (Lipinski definition) is 2. The third-order valence-corrected chi connectivity index (χ3v) is 5.87. The zero-order chi connectivity index (χ0) is 18.6. The van der Waals surface area contributed by atoms with Gasteiger partial charge in [0.25, 0.3) is 0 Å². The first kappa shape index (κ1) is 18.7. The van der Waals surface area contributed by atoms with Crippen LogP contribution in [-0.4, -0.2) is 43.4 Å². The fraction of sp³-hybridized carbons (Fsp3) is 0.600. The second-order valence-corrected chi connectivity index (χ2v) is 7.67. The lowest BCUT2D eigenvalue weighted by Gasteiger charge is -2.44. The van der Waals surface area contributed by atoms with E-state index in [2.05, 4.69) is 15.2 Å². The maximum atomic E-state index is 13.3. The topological polar surface area (TPSA) is 70.7 Å². The van der Waals surface area contributed by atoms with Crippen LogP contribution < -0.4 is 11.1 Å². The van der Waals surface area contributed by atoms with Crippen LogP contribution in [0.4, 0.5) is 4.39 Å². The van der Waals surface area contributed by atoms with Gasteiger partial charge >= 0.3 is 0 Å². The van der Waals surface area contributed by atoms with Gasteiger partial charge in [-0.25, -0.2) is 4.39 Å². The van der Waals surface area contributed by atoms with E-state index in [1.54, 1.807) is 19.2 Å². The molecular weight excluding hydrogens is 331 g/mol. The maximum absolute atomic E-state index is 13.3. The molecule has 2 aliphatic rings. The first-order valence-electron chi connectivity index (χ1n) is 9.52. The summed E-state index contributed by atoms with van der Waals surface area (Å²) in [4.78, 5) is 17.9. The summed E-state index contributed by atoms with van der Waals surface area (Å²) in [5.74, 6) is 0.757. The molecule has 1 amide bonds. The zero-order valence-electron chi connectivity index (χ0n) is 15.5. The maximum Gasteiger partial charge on any atom is 0.217 e. The molecule has 0 radical (unpaired) electrons. The fourth-order valence-corrected chi connectivity index (χ4v) is 4.26. The fourth-order valence-electron chi connectivity index (χ4n) is 4.26. The number of nitrogens with two attached hydrogens (primary N) is 1. The minimum absolute atomic E-state index is 0.0616. The normalized spacial score (nSPS) is 22.6. The van der Waals surface area contributed by atoms with E-state index in [9.17, 15) is 9.18 Å². The van der Waals surface area contributed by atoms with Gasteiger partial charge in [-0.1, -0.05) is 18.6 Å². The largest absolute Gasteiger partial charge is 0.370 e. The van der Waals surface area contributed by atoms with E-state index in [0.29, 0.717) is 12.3 Å². The molecule has 1 aromatic carbocycles. The molecule has 0 aromatic heterocycles. The van der Waals surface area contributed by atoms with E-state index >= 15 is 0 Å². The Morgan fingerprint density at radius 3 is 2.65 bits per heavy atom. The van der Waals surface area contributed by atoms with Crippen molar-refractivity contribution in [2.24, 2.45) is 16.6 Å². The molecule has 1 unspecified atom stereocenters. The first-order chi connectivity index (χ1) is 12.5. The van der Waals surface area contributed by atoms with Crippen molar-refractivity contribution >= 4 is 11.9 Å². The Bertz CT molecular complexity index is 654. The molecular formula is C20H29FN4O. The van der Waals surface area contributed by atoms with E-state index in [0.717, 1.165) is 51.3 Å². The summed E-state index contributed by atoms with van der Waals surface area (Å²) in [6, 6.07) is 6.90. The number of benzene rings is 1. The molecule has 1 aromatic rings. The number of carbonyl (C=O) groups is 1. The molecule has 1 aliphatic heterocycles. The summed E-state index contributed by atoms with van der Waals surface area (Å²) in [7, 11) is 1.80. The Balaban J connectivity index is 1.63. The average molecular weight is 360 g/mol. The second-order valence-electron chi connectivity index (χ2n) is 7.67. The molecule has 1 heterocycles. The lowest BCUT2D eigenvalue weighted by molar-refractivity contribution is -0.119. The predicted octanol–water partition coefficient (Wildman–Crippen LogP) is 2.41. The number of piperidine rings is 1. The third kappa shape index (κ3) is 4.17. The number of aliphatic imine (C=N–C) groups is 1. The van der Waals surface area contributed by atoms with Gasteiger partial charge in [-0.05, 0) is 49.3 Å². The van der Waals surface area contributed by atoms with E-state index in [1.807, 2.05) is 12.1 Å². The number of primary amides is 1. The number of likely N-dealkylation sites (tertiary alicyclic amines) is 1. The number of carbonyl (C=O) groups excluding carboxylic acids is 1. The van der Waals surface area contributed by atoms with Crippen LogP contribution in [0.1, 0.15) is 44.1 Å². The lowest BCUT2D eigenvalue weighted by atomic mass is 9.64. The summed E-state index contributed by atoms with van der Waals surface area (Å²) >= 11 is 0. The molecule has 6 heteroatoms. The molecule has 1 saturated carbocycles. The molecule has 0 bridgehead atoms. The number of rotatable bonds is 5. The van der Waals surface area contributed by atoms with Gasteiger partial charge in [0.15, 0.2) is 5.96 Å². The van der Waals surface area contributed by atoms with Gasteiger partial charge in [0.05, 0.1) is 0 Å². The van der Waals surface area contributed by atoms with E-state index < -0.39 is 0 Å². The van der Waals surface area contributed by atoms with Gasteiger partial charge in [-0.3, -0.25) is 9.79 Å². The van der Waals surface area contributed by atoms with Crippen molar-refractivity contribution in [1.29, 1.82) is 0 Å². The van der Waals surface area contributed by atoms with Crippen LogP contribution >= 0.6 is 0 Å². The quantitative estimate of drug-likeness (QED) is 0.626. The number of amides is 1. The summed E-state index contributed by atoms with van der Waals surface area (Å²) < 4.78 is 13.3. The molecule has 2 fully saturated rings. The smallest absolute Gasteiger partial charge is 0.217 e. The summed E-state index contributed by atoms with van der Waals surface area (Å²) in [6.07, 6.45) is 5.92. The van der Waals surface area contributed by atoms with E-state index in [-0.39, 0.29) is 17.1 Å². The highest BCUT2D eigenvalue weighted by Crippen LogP contribution is 2.43.